The number of phenolic OH excluding ortho intramolecular Hbond substituents is 1. The van der Waals surface area contributed by atoms with Crippen LogP contribution in [0.2, 0.25) is 0 Å². The number of anilines is 2. The molecule has 0 bridgehead atoms. The molecule has 9 heteroatoms. The fraction of sp³-hybridized carbons (Fsp3) is 0.0476. The normalized spacial score (nSPS) is 12.6. The van der Waals surface area contributed by atoms with Crippen molar-refractivity contribution in [1.82, 2.24) is 0 Å². The van der Waals surface area contributed by atoms with E-state index in [1.807, 2.05) is 0 Å². The van der Waals surface area contributed by atoms with Crippen molar-refractivity contribution in [3.05, 3.63) is 82.4 Å². The number of hydrogen-bond donors (Lipinski definition) is 3. The zero-order valence-electron chi connectivity index (χ0n) is 16.1. The third-order valence-corrected chi connectivity index (χ3v) is 5.63. The Morgan fingerprint density at radius 1 is 0.833 bits per heavy atom. The van der Waals surface area contributed by atoms with Gasteiger partial charge in [-0.2, -0.15) is 8.42 Å². The standard InChI is InChI=1S/C21H15NO6S.Na/c1-11-6-7-14(17(10-11)29(26,27)28)22-15-8-9-16(23)19-18(15)20(24)12-4-2-3-5-13(12)21(19)25;/h2-10,22-23H,1H3,(H,26,27,28);/q;+1. The van der Waals surface area contributed by atoms with E-state index in [0.717, 1.165) is 0 Å². The van der Waals surface area contributed by atoms with Gasteiger partial charge in [0.1, 0.15) is 10.6 Å². The van der Waals surface area contributed by atoms with E-state index in [0.29, 0.717) is 5.56 Å². The largest absolute Gasteiger partial charge is 1.00 e. The molecule has 0 heterocycles. The molecule has 0 fully saturated rings. The second kappa shape index (κ2) is 7.98. The van der Waals surface area contributed by atoms with Crippen molar-refractivity contribution in [2.24, 2.45) is 0 Å². The Labute approximate surface area is 194 Å². The molecule has 1 aliphatic rings. The molecule has 0 amide bonds. The van der Waals surface area contributed by atoms with Gasteiger partial charge in [-0.15, -0.1) is 0 Å². The first-order valence-electron chi connectivity index (χ1n) is 8.58. The number of fused-ring (bicyclic) bond motifs is 2. The Morgan fingerprint density at radius 2 is 1.40 bits per heavy atom. The summed E-state index contributed by atoms with van der Waals surface area (Å²) in [6.45, 7) is 1.67. The van der Waals surface area contributed by atoms with Gasteiger partial charge in [0.15, 0.2) is 11.6 Å². The van der Waals surface area contributed by atoms with Crippen LogP contribution in [0.1, 0.15) is 37.4 Å². The van der Waals surface area contributed by atoms with Crippen molar-refractivity contribution < 1.29 is 57.2 Å². The zero-order chi connectivity index (χ0) is 20.9. The van der Waals surface area contributed by atoms with Gasteiger partial charge in [0, 0.05) is 11.1 Å². The minimum absolute atomic E-state index is 0. The van der Waals surface area contributed by atoms with Gasteiger partial charge in [0.25, 0.3) is 10.1 Å². The number of phenols is 1. The van der Waals surface area contributed by atoms with Gasteiger partial charge in [0.2, 0.25) is 0 Å². The molecule has 30 heavy (non-hydrogen) atoms. The number of rotatable bonds is 3. The number of ketones is 2. The third-order valence-electron chi connectivity index (χ3n) is 4.74. The van der Waals surface area contributed by atoms with Crippen LogP contribution >= 0.6 is 0 Å². The zero-order valence-corrected chi connectivity index (χ0v) is 18.9. The van der Waals surface area contributed by atoms with Crippen LogP contribution in [0.3, 0.4) is 0 Å². The Balaban J connectivity index is 0.00000256. The average Bonchev–Trinajstić information content (AvgIpc) is 2.68. The Hall–Kier alpha value is -2.49. The van der Waals surface area contributed by atoms with Gasteiger partial charge in [-0.05, 0) is 36.8 Å². The summed E-state index contributed by atoms with van der Waals surface area (Å²) < 4.78 is 33.1. The molecule has 146 valence electrons. The summed E-state index contributed by atoms with van der Waals surface area (Å²) in [7, 11) is -4.54. The van der Waals surface area contributed by atoms with Crippen LogP contribution < -0.4 is 34.9 Å². The molecule has 3 aromatic rings. The minimum atomic E-state index is -4.54. The molecule has 0 saturated carbocycles. The van der Waals surface area contributed by atoms with Crippen LogP contribution in [-0.2, 0) is 10.1 Å². The molecule has 4 rings (SSSR count). The van der Waals surface area contributed by atoms with Crippen LogP contribution in [0.15, 0.2) is 59.5 Å². The Bertz CT molecular complexity index is 1320. The predicted octanol–water partition coefficient (Wildman–Crippen LogP) is 0.470. The molecule has 0 spiro atoms. The minimum Gasteiger partial charge on any atom is -0.507 e. The van der Waals surface area contributed by atoms with Gasteiger partial charge in [-0.1, -0.05) is 30.3 Å². The molecule has 1 aliphatic carbocycles. The van der Waals surface area contributed by atoms with Gasteiger partial charge in [0.05, 0.1) is 22.5 Å². The Morgan fingerprint density at radius 3 is 2.00 bits per heavy atom. The number of carbonyl (C=O) groups is 2. The van der Waals surface area contributed by atoms with E-state index in [2.05, 4.69) is 5.32 Å². The van der Waals surface area contributed by atoms with Crippen molar-refractivity contribution in [2.75, 3.05) is 5.32 Å². The summed E-state index contributed by atoms with van der Waals surface area (Å²) in [4.78, 5) is 25.6. The van der Waals surface area contributed by atoms with Crippen LogP contribution in [0, 0.1) is 6.92 Å². The molecule has 0 saturated heterocycles. The van der Waals surface area contributed by atoms with E-state index in [-0.39, 0.29) is 73.8 Å². The van der Waals surface area contributed by atoms with Crippen molar-refractivity contribution >= 4 is 33.1 Å². The summed E-state index contributed by atoms with van der Waals surface area (Å²) in [6, 6.07) is 13.3. The van der Waals surface area contributed by atoms with Crippen LogP contribution in [0.4, 0.5) is 11.4 Å². The van der Waals surface area contributed by atoms with E-state index in [4.69, 9.17) is 0 Å². The van der Waals surface area contributed by atoms with Crippen molar-refractivity contribution in [3.8, 4) is 5.75 Å². The number of hydrogen-bond acceptors (Lipinski definition) is 6. The SMILES string of the molecule is Cc1ccc(Nc2ccc(O)c3c2C(=O)c2ccccc2C3=O)c(S(=O)(=O)O)c1.[Na+]. The van der Waals surface area contributed by atoms with E-state index in [9.17, 15) is 27.7 Å². The molecular formula is C21H15NNaO6S+. The average molecular weight is 432 g/mol. The maximum absolute atomic E-state index is 13.1. The number of aryl methyl sites for hydroxylation is 1. The summed E-state index contributed by atoms with van der Waals surface area (Å²) in [5.41, 5.74) is 0.944. The van der Waals surface area contributed by atoms with Crippen LogP contribution in [0.25, 0.3) is 0 Å². The quantitative estimate of drug-likeness (QED) is 0.245. The first-order chi connectivity index (χ1) is 13.7. The van der Waals surface area contributed by atoms with Gasteiger partial charge >= 0.3 is 29.6 Å². The molecule has 0 aliphatic heterocycles. The van der Waals surface area contributed by atoms with E-state index < -0.39 is 21.7 Å². The van der Waals surface area contributed by atoms with Crippen molar-refractivity contribution in [1.29, 1.82) is 0 Å². The predicted molar refractivity (Wildman–Crippen MR) is 106 cm³/mol. The maximum atomic E-state index is 13.1. The fourth-order valence-electron chi connectivity index (χ4n) is 3.40. The molecule has 3 N–H and O–H groups in total. The van der Waals surface area contributed by atoms with Crippen LogP contribution in [0.5, 0.6) is 5.75 Å². The summed E-state index contributed by atoms with van der Waals surface area (Å²) in [6.07, 6.45) is 0. The molecule has 0 atom stereocenters. The number of nitrogens with one attached hydrogen (secondary N) is 1. The molecular weight excluding hydrogens is 417 g/mol. The van der Waals surface area contributed by atoms with Gasteiger partial charge in [-0.25, -0.2) is 0 Å². The van der Waals surface area contributed by atoms with Crippen molar-refractivity contribution in [3.63, 3.8) is 0 Å². The summed E-state index contributed by atoms with van der Waals surface area (Å²) in [5.74, 6) is -1.33. The number of carbonyl (C=O) groups excluding carboxylic acids is 2. The van der Waals surface area contributed by atoms with E-state index in [1.54, 1.807) is 25.1 Å². The smallest absolute Gasteiger partial charge is 0.507 e. The molecule has 7 nitrogen and oxygen atoms in total. The number of benzene rings is 3. The van der Waals surface area contributed by atoms with Crippen LogP contribution in [-0.4, -0.2) is 29.6 Å². The first kappa shape index (κ1) is 22.2. The van der Waals surface area contributed by atoms with Gasteiger partial charge in [-0.3, -0.25) is 14.1 Å². The monoisotopic (exact) mass is 432 g/mol. The fourth-order valence-corrected chi connectivity index (χ4v) is 4.13. The second-order valence-corrected chi connectivity index (χ2v) is 8.08. The first-order valence-corrected chi connectivity index (χ1v) is 10.0. The Kier molecular flexibility index (Phi) is 5.90. The topological polar surface area (TPSA) is 121 Å². The van der Waals surface area contributed by atoms with E-state index in [1.165, 1.54) is 36.4 Å². The van der Waals surface area contributed by atoms with E-state index >= 15 is 0 Å². The number of aromatic hydroxyl groups is 1. The molecule has 0 radical (unpaired) electrons. The third kappa shape index (κ3) is 3.68. The maximum Gasteiger partial charge on any atom is 1.00 e. The van der Waals surface area contributed by atoms with Gasteiger partial charge < -0.3 is 10.4 Å². The molecule has 0 unspecified atom stereocenters. The summed E-state index contributed by atoms with van der Waals surface area (Å²) in [5, 5.41) is 13.1. The molecule has 0 aromatic heterocycles. The second-order valence-electron chi connectivity index (χ2n) is 6.69. The summed E-state index contributed by atoms with van der Waals surface area (Å²) >= 11 is 0. The molecule has 3 aromatic carbocycles. The van der Waals surface area contributed by atoms with Crippen molar-refractivity contribution in [2.45, 2.75) is 11.8 Å².